The fourth-order valence-corrected chi connectivity index (χ4v) is 4.59. The maximum Gasteiger partial charge on any atom is 0.225 e. The van der Waals surface area contributed by atoms with Crippen molar-refractivity contribution in [2.24, 2.45) is 0 Å². The summed E-state index contributed by atoms with van der Waals surface area (Å²) in [7, 11) is -5.96. The Morgan fingerprint density at radius 3 is 2.08 bits per heavy atom. The summed E-state index contributed by atoms with van der Waals surface area (Å²) < 4.78 is 55.1. The minimum atomic E-state index is -4.28. The Labute approximate surface area is 161 Å². The molecule has 3 atom stereocenters. The van der Waals surface area contributed by atoms with Crippen molar-refractivity contribution in [3.05, 3.63) is 65.2 Å². The lowest BCUT2D eigenvalue weighted by Crippen LogP contribution is -2.41. The monoisotopic (exact) mass is 417 g/mol. The molecule has 0 fully saturated rings. The molecule has 0 amide bonds. The summed E-state index contributed by atoms with van der Waals surface area (Å²) in [5.74, 6) is 0. The highest BCUT2D eigenvalue weighted by atomic mass is 35.5. The smallest absolute Gasteiger partial charge is 0.225 e. The maximum atomic E-state index is 15.2. The van der Waals surface area contributed by atoms with Gasteiger partial charge in [-0.2, -0.15) is 0 Å². The second-order valence-corrected chi connectivity index (χ2v) is 11.2. The van der Waals surface area contributed by atoms with Crippen LogP contribution < -0.4 is 4.72 Å². The van der Waals surface area contributed by atoms with Crippen LogP contribution in [-0.4, -0.2) is 22.9 Å². The molecule has 4 nitrogen and oxygen atoms in total. The highest BCUT2D eigenvalue weighted by Gasteiger charge is 2.38. The van der Waals surface area contributed by atoms with Crippen molar-refractivity contribution in [2.45, 2.75) is 42.0 Å². The topological polar surface area (TPSA) is 63.2 Å². The average molecular weight is 418 g/mol. The largest absolute Gasteiger partial charge is 0.242 e. The summed E-state index contributed by atoms with van der Waals surface area (Å²) in [6, 6.07) is 12.2. The number of nitrogens with one attached hydrogen (secondary N) is 1. The number of hydrogen-bond donors (Lipinski definition) is 1. The maximum absolute atomic E-state index is 15.2. The van der Waals surface area contributed by atoms with Crippen LogP contribution in [0.25, 0.3) is 0 Å². The predicted molar refractivity (Wildman–Crippen MR) is 104 cm³/mol. The van der Waals surface area contributed by atoms with E-state index < -0.39 is 37.1 Å². The van der Waals surface area contributed by atoms with E-state index in [1.165, 1.54) is 48.5 Å². The van der Waals surface area contributed by atoms with Crippen molar-refractivity contribution >= 4 is 32.4 Å². The van der Waals surface area contributed by atoms with Crippen LogP contribution in [-0.2, 0) is 20.8 Å². The fraction of sp³-hybridized carbons (Fsp3) is 0.333. The molecule has 0 bridgehead atoms. The summed E-state index contributed by atoms with van der Waals surface area (Å²) in [4.78, 5) is -0.130. The highest BCUT2D eigenvalue weighted by molar-refractivity contribution is 7.92. The number of benzene rings is 2. The quantitative estimate of drug-likeness (QED) is 0.766. The number of sulfone groups is 1. The van der Waals surface area contributed by atoms with Crippen molar-refractivity contribution < 1.29 is 17.0 Å². The van der Waals surface area contributed by atoms with Crippen molar-refractivity contribution in [1.82, 2.24) is 4.72 Å². The van der Waals surface area contributed by atoms with Gasteiger partial charge in [0.2, 0.25) is 15.3 Å². The van der Waals surface area contributed by atoms with Crippen molar-refractivity contribution in [3.63, 3.8) is 0 Å². The van der Waals surface area contributed by atoms with E-state index in [4.69, 9.17) is 11.6 Å². The van der Waals surface area contributed by atoms with E-state index in [-0.39, 0.29) is 4.90 Å². The molecule has 1 N–H and O–H groups in total. The van der Waals surface area contributed by atoms with Crippen molar-refractivity contribution in [2.75, 3.05) is 0 Å². The Balaban J connectivity index is 2.45. The number of alkyl halides is 1. The molecule has 2 aromatic carbocycles. The minimum absolute atomic E-state index is 0.130. The summed E-state index contributed by atoms with van der Waals surface area (Å²) >= 11 is 5.87. The van der Waals surface area contributed by atoms with Crippen LogP contribution in [0.2, 0.25) is 5.02 Å². The van der Waals surface area contributed by atoms with Crippen LogP contribution in [0.4, 0.5) is 4.39 Å². The third-order valence-corrected chi connectivity index (χ3v) is 7.28. The molecule has 0 aliphatic carbocycles. The van der Waals surface area contributed by atoms with E-state index in [1.807, 2.05) is 0 Å². The van der Waals surface area contributed by atoms with E-state index in [9.17, 15) is 12.6 Å². The molecule has 0 unspecified atom stereocenters. The number of halogens is 2. The molecule has 0 aliphatic rings. The molecule has 0 saturated carbocycles. The molecule has 142 valence electrons. The van der Waals surface area contributed by atoms with Crippen LogP contribution in [0.3, 0.4) is 0 Å². The summed E-state index contributed by atoms with van der Waals surface area (Å²) in [6.45, 7) is 5.15. The first-order chi connectivity index (χ1) is 12.0. The Bertz CT molecular complexity index is 866. The van der Waals surface area contributed by atoms with Gasteiger partial charge in [-0.3, -0.25) is 0 Å². The number of rotatable bonds is 6. The van der Waals surface area contributed by atoms with E-state index in [0.717, 1.165) is 0 Å². The lowest BCUT2D eigenvalue weighted by Gasteiger charge is -2.27. The summed E-state index contributed by atoms with van der Waals surface area (Å²) in [5.41, 5.74) is -1.98. The molecule has 0 aromatic heterocycles. The molecule has 26 heavy (non-hydrogen) atoms. The second-order valence-electron chi connectivity index (χ2n) is 6.74. The SMILES string of the molecule is CC(C)(C)[S@@](=O)N[C@@H](c1ccc(Cl)cc1)[C@H](F)S(=O)(=O)c1ccccc1. The molecule has 0 aliphatic heterocycles. The molecule has 2 rings (SSSR count). The van der Waals surface area contributed by atoms with Gasteiger partial charge in [0.05, 0.1) is 26.7 Å². The van der Waals surface area contributed by atoms with Crippen molar-refractivity contribution in [3.8, 4) is 0 Å². The van der Waals surface area contributed by atoms with Crippen LogP contribution in [0.5, 0.6) is 0 Å². The Hall–Kier alpha value is -1.28. The molecule has 0 saturated heterocycles. The third kappa shape index (κ3) is 4.91. The predicted octanol–water partition coefficient (Wildman–Crippen LogP) is 4.20. The minimum Gasteiger partial charge on any atom is -0.242 e. The van der Waals surface area contributed by atoms with E-state index >= 15 is 4.39 Å². The van der Waals surface area contributed by atoms with Gasteiger partial charge in [-0.05, 0) is 50.6 Å². The first-order valence-corrected chi connectivity index (χ1v) is 11.0. The lowest BCUT2D eigenvalue weighted by atomic mass is 10.1. The van der Waals surface area contributed by atoms with Crippen LogP contribution >= 0.6 is 11.6 Å². The van der Waals surface area contributed by atoms with E-state index in [2.05, 4.69) is 4.72 Å². The van der Waals surface area contributed by atoms with Gasteiger partial charge in [-0.1, -0.05) is 41.9 Å². The fourth-order valence-electron chi connectivity index (χ4n) is 2.15. The summed E-state index contributed by atoms with van der Waals surface area (Å²) in [6.07, 6.45) is 0. The van der Waals surface area contributed by atoms with Gasteiger partial charge in [0.25, 0.3) is 0 Å². The van der Waals surface area contributed by atoms with Gasteiger partial charge in [0.1, 0.15) is 0 Å². The molecular weight excluding hydrogens is 397 g/mol. The van der Waals surface area contributed by atoms with Gasteiger partial charge < -0.3 is 0 Å². The number of hydrogen-bond acceptors (Lipinski definition) is 3. The van der Waals surface area contributed by atoms with Crippen LogP contribution in [0.1, 0.15) is 32.4 Å². The zero-order valence-corrected chi connectivity index (χ0v) is 17.0. The Morgan fingerprint density at radius 2 is 1.58 bits per heavy atom. The van der Waals surface area contributed by atoms with Crippen molar-refractivity contribution in [1.29, 1.82) is 0 Å². The molecule has 0 heterocycles. The second kappa shape index (κ2) is 8.17. The average Bonchev–Trinajstić information content (AvgIpc) is 2.59. The van der Waals surface area contributed by atoms with E-state index in [0.29, 0.717) is 10.6 Å². The third-order valence-electron chi connectivity index (χ3n) is 3.65. The van der Waals surface area contributed by atoms with Gasteiger partial charge >= 0.3 is 0 Å². The van der Waals surface area contributed by atoms with Gasteiger partial charge in [0, 0.05) is 5.02 Å². The molecule has 8 heteroatoms. The normalized spacial score (nSPS) is 16.0. The molecule has 2 aromatic rings. The zero-order valence-electron chi connectivity index (χ0n) is 14.6. The zero-order chi connectivity index (χ0) is 19.5. The lowest BCUT2D eigenvalue weighted by molar-refractivity contribution is 0.354. The standard InChI is InChI=1S/C18H21ClFNO3S2/c1-18(2,3)25(22)21-16(13-9-11-14(19)12-10-13)17(20)26(23,24)15-7-5-4-6-8-15/h4-12,16-17,21H,1-3H3/t16-,17+,25+/m0/s1. The van der Waals surface area contributed by atoms with Gasteiger partial charge in [0.15, 0.2) is 0 Å². The Kier molecular flexibility index (Phi) is 6.60. The first kappa shape index (κ1) is 21.0. The van der Waals surface area contributed by atoms with Gasteiger partial charge in [-0.25, -0.2) is 21.7 Å². The molecular formula is C18H21ClFNO3S2. The van der Waals surface area contributed by atoms with Gasteiger partial charge in [-0.15, -0.1) is 0 Å². The van der Waals surface area contributed by atoms with Crippen LogP contribution in [0.15, 0.2) is 59.5 Å². The van der Waals surface area contributed by atoms with Crippen LogP contribution in [0, 0.1) is 0 Å². The highest BCUT2D eigenvalue weighted by Crippen LogP contribution is 2.30. The van der Waals surface area contributed by atoms with E-state index in [1.54, 1.807) is 26.8 Å². The molecule has 0 spiro atoms. The molecule has 0 radical (unpaired) electrons. The Morgan fingerprint density at radius 1 is 1.04 bits per heavy atom. The first-order valence-electron chi connectivity index (χ1n) is 7.90. The summed E-state index contributed by atoms with van der Waals surface area (Å²) in [5, 5.41) is 0.436.